The minimum absolute atomic E-state index is 0.0183. The summed E-state index contributed by atoms with van der Waals surface area (Å²) in [6.07, 6.45) is 3.07. The van der Waals surface area contributed by atoms with E-state index in [2.05, 4.69) is 23.2 Å². The molecule has 4 nitrogen and oxygen atoms in total. The third kappa shape index (κ3) is 4.48. The first-order valence-electron chi connectivity index (χ1n) is 8.59. The molecule has 1 heterocycles. The summed E-state index contributed by atoms with van der Waals surface area (Å²) in [5, 5.41) is 12.4. The summed E-state index contributed by atoms with van der Waals surface area (Å²) in [4.78, 5) is 14.4. The smallest absolute Gasteiger partial charge is 0.238 e. The topological polar surface area (TPSA) is 52.6 Å². The molecule has 1 aliphatic rings. The van der Waals surface area contributed by atoms with E-state index in [0.29, 0.717) is 6.54 Å². The minimum Gasteiger partial charge on any atom is -0.508 e. The minimum atomic E-state index is 0.0183. The van der Waals surface area contributed by atoms with Gasteiger partial charge in [0.1, 0.15) is 5.75 Å². The van der Waals surface area contributed by atoms with Crippen LogP contribution in [0.2, 0.25) is 0 Å². The molecular weight excluding hydrogens is 312 g/mol. The number of phenols is 1. The van der Waals surface area contributed by atoms with Crippen molar-refractivity contribution >= 4 is 17.2 Å². The van der Waals surface area contributed by atoms with Gasteiger partial charge in [-0.05, 0) is 66.8 Å². The number of hydrogen-bond donors (Lipinski definition) is 2. The van der Waals surface area contributed by atoms with Crippen molar-refractivity contribution in [3.8, 4) is 5.75 Å². The van der Waals surface area contributed by atoms with Crippen LogP contribution in [0.15, 0.2) is 48.5 Å². The van der Waals surface area contributed by atoms with Gasteiger partial charge in [-0.25, -0.2) is 0 Å². The highest BCUT2D eigenvalue weighted by Crippen LogP contribution is 2.24. The monoisotopic (exact) mass is 336 g/mol. The van der Waals surface area contributed by atoms with Gasteiger partial charge < -0.3 is 10.4 Å². The maximum absolute atomic E-state index is 12.3. The Balaban J connectivity index is 1.55. The fourth-order valence-corrected chi connectivity index (χ4v) is 3.02. The third-order valence-corrected chi connectivity index (χ3v) is 4.69. The van der Waals surface area contributed by atoms with Gasteiger partial charge in [0.15, 0.2) is 0 Å². The van der Waals surface area contributed by atoms with Crippen molar-refractivity contribution in [2.75, 3.05) is 25.0 Å². The van der Waals surface area contributed by atoms with E-state index in [9.17, 15) is 9.90 Å². The summed E-state index contributed by atoms with van der Waals surface area (Å²) in [7, 11) is 0. The molecule has 2 aromatic carbocycles. The molecule has 0 fully saturated rings. The van der Waals surface area contributed by atoms with E-state index < -0.39 is 0 Å². The molecule has 3 rings (SSSR count). The molecule has 25 heavy (non-hydrogen) atoms. The number of nitrogens with one attached hydrogen (secondary N) is 1. The van der Waals surface area contributed by atoms with Crippen LogP contribution in [0.1, 0.15) is 23.1 Å². The van der Waals surface area contributed by atoms with Crippen LogP contribution in [0.5, 0.6) is 5.75 Å². The molecule has 0 bridgehead atoms. The number of anilines is 1. The zero-order valence-corrected chi connectivity index (χ0v) is 14.7. The lowest BCUT2D eigenvalue weighted by Gasteiger charge is -2.26. The molecule has 0 atom stereocenters. The Hall–Kier alpha value is -2.59. The normalized spacial score (nSPS) is 14.9. The number of benzene rings is 2. The van der Waals surface area contributed by atoms with Gasteiger partial charge in [-0.3, -0.25) is 9.69 Å². The molecule has 2 N–H and O–H groups in total. The van der Waals surface area contributed by atoms with Gasteiger partial charge in [0, 0.05) is 18.8 Å². The van der Waals surface area contributed by atoms with Gasteiger partial charge in [0.05, 0.1) is 6.54 Å². The fourth-order valence-electron chi connectivity index (χ4n) is 3.02. The highest BCUT2D eigenvalue weighted by molar-refractivity contribution is 5.92. The van der Waals surface area contributed by atoms with Crippen LogP contribution in [-0.4, -0.2) is 35.5 Å². The van der Waals surface area contributed by atoms with Crippen LogP contribution in [0.25, 0.3) is 5.57 Å². The number of carbonyl (C=O) groups is 1. The average molecular weight is 336 g/mol. The first kappa shape index (κ1) is 17.2. The zero-order chi connectivity index (χ0) is 17.8. The van der Waals surface area contributed by atoms with E-state index in [-0.39, 0.29) is 11.7 Å². The number of nitrogens with zero attached hydrogens (tertiary/aromatic N) is 1. The van der Waals surface area contributed by atoms with Crippen molar-refractivity contribution in [2.24, 2.45) is 0 Å². The maximum atomic E-state index is 12.3. The molecule has 1 aliphatic heterocycles. The van der Waals surface area contributed by atoms with E-state index in [1.165, 1.54) is 16.7 Å². The van der Waals surface area contributed by atoms with Gasteiger partial charge in [-0.2, -0.15) is 0 Å². The molecule has 0 aromatic heterocycles. The Labute approximate surface area is 148 Å². The molecule has 0 radical (unpaired) electrons. The van der Waals surface area contributed by atoms with E-state index >= 15 is 0 Å². The molecule has 0 unspecified atom stereocenters. The molecule has 2 aromatic rings. The van der Waals surface area contributed by atoms with E-state index in [1.54, 1.807) is 12.1 Å². The Kier molecular flexibility index (Phi) is 5.19. The SMILES string of the molecule is Cc1ccc(NC(=O)CN2CC=C(c3ccc(O)cc3)CC2)cc1C. The Morgan fingerprint density at radius 2 is 1.88 bits per heavy atom. The number of phenolic OH excluding ortho intramolecular Hbond substituents is 1. The molecule has 1 amide bonds. The van der Waals surface area contributed by atoms with Crippen LogP contribution in [0.4, 0.5) is 5.69 Å². The lowest BCUT2D eigenvalue weighted by atomic mass is 9.99. The van der Waals surface area contributed by atoms with E-state index in [0.717, 1.165) is 30.8 Å². The summed E-state index contributed by atoms with van der Waals surface area (Å²) in [5.74, 6) is 0.300. The van der Waals surface area contributed by atoms with Crippen LogP contribution in [-0.2, 0) is 4.79 Å². The van der Waals surface area contributed by atoms with Gasteiger partial charge in [-0.1, -0.05) is 24.3 Å². The summed E-state index contributed by atoms with van der Waals surface area (Å²) >= 11 is 0. The van der Waals surface area contributed by atoms with Crippen molar-refractivity contribution in [3.05, 3.63) is 65.2 Å². The van der Waals surface area contributed by atoms with Gasteiger partial charge >= 0.3 is 0 Å². The van der Waals surface area contributed by atoms with Crippen LogP contribution in [0, 0.1) is 13.8 Å². The average Bonchev–Trinajstić information content (AvgIpc) is 2.60. The molecular formula is C21H24N2O2. The standard InChI is InChI=1S/C21H24N2O2/c1-15-3-6-19(13-16(15)2)22-21(25)14-23-11-9-18(10-12-23)17-4-7-20(24)8-5-17/h3-9,13,24H,10-12,14H2,1-2H3,(H,22,25). The second-order valence-corrected chi connectivity index (χ2v) is 6.61. The first-order chi connectivity index (χ1) is 12.0. The maximum Gasteiger partial charge on any atom is 0.238 e. The number of carbonyl (C=O) groups excluding carboxylic acids is 1. The van der Waals surface area contributed by atoms with Crippen molar-refractivity contribution in [2.45, 2.75) is 20.3 Å². The van der Waals surface area contributed by atoms with Crippen molar-refractivity contribution in [1.29, 1.82) is 0 Å². The van der Waals surface area contributed by atoms with Gasteiger partial charge in [0.25, 0.3) is 0 Å². The quantitative estimate of drug-likeness (QED) is 0.894. The Morgan fingerprint density at radius 1 is 1.12 bits per heavy atom. The lowest BCUT2D eigenvalue weighted by Crippen LogP contribution is -2.36. The molecule has 4 heteroatoms. The summed E-state index contributed by atoms with van der Waals surface area (Å²) in [6, 6.07) is 13.3. The third-order valence-electron chi connectivity index (χ3n) is 4.69. The number of hydrogen-bond acceptors (Lipinski definition) is 3. The summed E-state index contributed by atoms with van der Waals surface area (Å²) in [6.45, 7) is 6.12. The predicted octanol–water partition coefficient (Wildman–Crippen LogP) is 3.74. The lowest BCUT2D eigenvalue weighted by molar-refractivity contribution is -0.117. The van der Waals surface area contributed by atoms with Gasteiger partial charge in [-0.15, -0.1) is 0 Å². The van der Waals surface area contributed by atoms with Crippen molar-refractivity contribution < 1.29 is 9.90 Å². The molecule has 0 saturated carbocycles. The Morgan fingerprint density at radius 3 is 2.52 bits per heavy atom. The van der Waals surface area contributed by atoms with Gasteiger partial charge in [0.2, 0.25) is 5.91 Å². The number of amides is 1. The number of aromatic hydroxyl groups is 1. The zero-order valence-electron chi connectivity index (χ0n) is 14.7. The number of aryl methyl sites for hydroxylation is 2. The fraction of sp³-hybridized carbons (Fsp3) is 0.286. The summed E-state index contributed by atoms with van der Waals surface area (Å²) in [5.41, 5.74) is 5.66. The second-order valence-electron chi connectivity index (χ2n) is 6.61. The summed E-state index contributed by atoms with van der Waals surface area (Å²) < 4.78 is 0. The molecule has 130 valence electrons. The predicted molar refractivity (Wildman–Crippen MR) is 102 cm³/mol. The van der Waals surface area contributed by atoms with E-state index in [4.69, 9.17) is 0 Å². The second kappa shape index (κ2) is 7.53. The highest BCUT2D eigenvalue weighted by atomic mass is 16.3. The first-order valence-corrected chi connectivity index (χ1v) is 8.59. The van der Waals surface area contributed by atoms with E-state index in [1.807, 2.05) is 37.3 Å². The van der Waals surface area contributed by atoms with Crippen LogP contribution >= 0.6 is 0 Å². The number of rotatable bonds is 4. The van der Waals surface area contributed by atoms with Crippen molar-refractivity contribution in [3.63, 3.8) is 0 Å². The van der Waals surface area contributed by atoms with Crippen LogP contribution < -0.4 is 5.32 Å². The van der Waals surface area contributed by atoms with Crippen LogP contribution in [0.3, 0.4) is 0 Å². The largest absolute Gasteiger partial charge is 0.508 e. The molecule has 0 spiro atoms. The van der Waals surface area contributed by atoms with Crippen molar-refractivity contribution in [1.82, 2.24) is 4.90 Å². The Bertz CT molecular complexity index is 794. The highest BCUT2D eigenvalue weighted by Gasteiger charge is 2.16. The molecule has 0 aliphatic carbocycles. The molecule has 0 saturated heterocycles.